The van der Waals surface area contributed by atoms with Gasteiger partial charge in [0.25, 0.3) is 0 Å². The summed E-state index contributed by atoms with van der Waals surface area (Å²) in [5.41, 5.74) is 1.92. The lowest BCUT2D eigenvalue weighted by Crippen LogP contribution is -1.98. The second-order valence-corrected chi connectivity index (χ2v) is 4.65. The Bertz CT molecular complexity index is 549. The molecule has 0 bridgehead atoms. The number of thiazole rings is 1. The number of aryl methyl sites for hydroxylation is 2. The van der Waals surface area contributed by atoms with Gasteiger partial charge in [-0.25, -0.2) is 9.78 Å². The van der Waals surface area contributed by atoms with Crippen molar-refractivity contribution in [1.29, 1.82) is 0 Å². The standard InChI is InChI=1S/C11H10N2O2S/c1-6-3-4-12-8(5-6)10-13-9(11(14)15)7(2)16-10/h3-5H,1-2H3,(H,14,15). The molecular formula is C11H10N2O2S. The second kappa shape index (κ2) is 4.02. The highest BCUT2D eigenvalue weighted by molar-refractivity contribution is 7.15. The Kier molecular flexibility index (Phi) is 2.70. The number of carbonyl (C=O) groups is 1. The van der Waals surface area contributed by atoms with E-state index in [2.05, 4.69) is 9.97 Å². The van der Waals surface area contributed by atoms with E-state index in [-0.39, 0.29) is 5.69 Å². The summed E-state index contributed by atoms with van der Waals surface area (Å²) in [6, 6.07) is 3.78. The van der Waals surface area contributed by atoms with E-state index in [1.54, 1.807) is 13.1 Å². The molecule has 2 aromatic heterocycles. The van der Waals surface area contributed by atoms with Crippen molar-refractivity contribution in [2.75, 3.05) is 0 Å². The van der Waals surface area contributed by atoms with Crippen LogP contribution in [0, 0.1) is 13.8 Å². The van der Waals surface area contributed by atoms with Crippen molar-refractivity contribution >= 4 is 17.3 Å². The van der Waals surface area contributed by atoms with Crippen LogP contribution < -0.4 is 0 Å². The molecule has 0 radical (unpaired) electrons. The summed E-state index contributed by atoms with van der Waals surface area (Å²) in [6.45, 7) is 3.71. The van der Waals surface area contributed by atoms with Gasteiger partial charge in [0, 0.05) is 11.1 Å². The Hall–Kier alpha value is -1.75. The zero-order valence-corrected chi connectivity index (χ0v) is 9.71. The molecule has 1 N–H and O–H groups in total. The predicted molar refractivity (Wildman–Crippen MR) is 61.8 cm³/mol. The number of aromatic carboxylic acids is 1. The number of hydrogen-bond donors (Lipinski definition) is 1. The number of hydrogen-bond acceptors (Lipinski definition) is 4. The van der Waals surface area contributed by atoms with Gasteiger partial charge in [0.1, 0.15) is 5.01 Å². The molecule has 16 heavy (non-hydrogen) atoms. The first kappa shape index (κ1) is 10.8. The van der Waals surface area contributed by atoms with Crippen molar-refractivity contribution < 1.29 is 9.90 Å². The fraction of sp³-hybridized carbons (Fsp3) is 0.182. The Balaban J connectivity index is 2.49. The van der Waals surface area contributed by atoms with Crippen LogP contribution >= 0.6 is 11.3 Å². The molecule has 0 atom stereocenters. The molecule has 0 aliphatic rings. The fourth-order valence-electron chi connectivity index (χ4n) is 1.36. The molecule has 4 nitrogen and oxygen atoms in total. The first-order valence-electron chi connectivity index (χ1n) is 4.71. The van der Waals surface area contributed by atoms with E-state index in [1.807, 2.05) is 19.1 Å². The van der Waals surface area contributed by atoms with E-state index < -0.39 is 5.97 Å². The van der Waals surface area contributed by atoms with Gasteiger partial charge in [-0.1, -0.05) is 0 Å². The lowest BCUT2D eigenvalue weighted by Gasteiger charge is -1.95. The van der Waals surface area contributed by atoms with Gasteiger partial charge in [0.15, 0.2) is 5.69 Å². The number of aromatic nitrogens is 2. The van der Waals surface area contributed by atoms with Crippen LogP contribution in [0.5, 0.6) is 0 Å². The van der Waals surface area contributed by atoms with Gasteiger partial charge in [-0.2, -0.15) is 0 Å². The van der Waals surface area contributed by atoms with Gasteiger partial charge in [-0.15, -0.1) is 11.3 Å². The van der Waals surface area contributed by atoms with Crippen molar-refractivity contribution in [3.05, 3.63) is 34.5 Å². The van der Waals surface area contributed by atoms with E-state index >= 15 is 0 Å². The minimum atomic E-state index is -0.993. The number of nitrogens with zero attached hydrogens (tertiary/aromatic N) is 2. The zero-order chi connectivity index (χ0) is 11.7. The first-order valence-corrected chi connectivity index (χ1v) is 5.53. The minimum Gasteiger partial charge on any atom is -0.476 e. The average Bonchev–Trinajstić information content (AvgIpc) is 2.60. The third-order valence-electron chi connectivity index (χ3n) is 2.13. The van der Waals surface area contributed by atoms with Crippen LogP contribution in [0.15, 0.2) is 18.3 Å². The molecule has 0 spiro atoms. The van der Waals surface area contributed by atoms with Crippen molar-refractivity contribution in [1.82, 2.24) is 9.97 Å². The Labute approximate surface area is 96.6 Å². The van der Waals surface area contributed by atoms with Gasteiger partial charge in [-0.3, -0.25) is 4.98 Å². The maximum Gasteiger partial charge on any atom is 0.355 e. The largest absolute Gasteiger partial charge is 0.476 e. The minimum absolute atomic E-state index is 0.114. The van der Waals surface area contributed by atoms with Crippen molar-refractivity contribution in [3.8, 4) is 10.7 Å². The summed E-state index contributed by atoms with van der Waals surface area (Å²) in [5.74, 6) is -0.993. The zero-order valence-electron chi connectivity index (χ0n) is 8.89. The lowest BCUT2D eigenvalue weighted by atomic mass is 10.2. The Morgan fingerprint density at radius 3 is 2.75 bits per heavy atom. The van der Waals surface area contributed by atoms with Crippen LogP contribution in [-0.4, -0.2) is 21.0 Å². The Morgan fingerprint density at radius 1 is 1.44 bits per heavy atom. The summed E-state index contributed by atoms with van der Waals surface area (Å²) in [6.07, 6.45) is 1.70. The summed E-state index contributed by atoms with van der Waals surface area (Å²) in [5, 5.41) is 9.56. The van der Waals surface area contributed by atoms with Gasteiger partial charge < -0.3 is 5.11 Å². The second-order valence-electron chi connectivity index (χ2n) is 3.45. The van der Waals surface area contributed by atoms with E-state index in [9.17, 15) is 4.79 Å². The smallest absolute Gasteiger partial charge is 0.355 e. The van der Waals surface area contributed by atoms with Crippen molar-refractivity contribution in [2.45, 2.75) is 13.8 Å². The molecule has 2 rings (SSSR count). The summed E-state index contributed by atoms with van der Waals surface area (Å²) < 4.78 is 0. The molecule has 0 fully saturated rings. The quantitative estimate of drug-likeness (QED) is 0.867. The normalized spacial score (nSPS) is 10.4. The SMILES string of the molecule is Cc1ccnc(-c2nc(C(=O)O)c(C)s2)c1. The fourth-order valence-corrected chi connectivity index (χ4v) is 2.23. The molecule has 0 amide bonds. The molecule has 2 heterocycles. The average molecular weight is 234 g/mol. The Morgan fingerprint density at radius 2 is 2.19 bits per heavy atom. The van der Waals surface area contributed by atoms with E-state index in [1.165, 1.54) is 11.3 Å². The van der Waals surface area contributed by atoms with E-state index in [0.717, 1.165) is 11.3 Å². The number of carboxylic acids is 1. The highest BCUT2D eigenvalue weighted by Gasteiger charge is 2.15. The molecule has 82 valence electrons. The van der Waals surface area contributed by atoms with Crippen molar-refractivity contribution in [3.63, 3.8) is 0 Å². The van der Waals surface area contributed by atoms with Gasteiger partial charge >= 0.3 is 5.97 Å². The van der Waals surface area contributed by atoms with Gasteiger partial charge in [0.05, 0.1) is 5.69 Å². The molecule has 0 saturated heterocycles. The highest BCUT2D eigenvalue weighted by atomic mass is 32.1. The summed E-state index contributed by atoms with van der Waals surface area (Å²) in [7, 11) is 0. The number of carboxylic acid groups (broad SMARTS) is 1. The molecule has 0 aliphatic heterocycles. The van der Waals surface area contributed by atoms with E-state index in [0.29, 0.717) is 9.88 Å². The molecule has 0 aromatic carbocycles. The topological polar surface area (TPSA) is 63.1 Å². The predicted octanol–water partition coefficient (Wildman–Crippen LogP) is 2.52. The maximum absolute atomic E-state index is 10.9. The third-order valence-corrected chi connectivity index (χ3v) is 3.13. The molecule has 2 aromatic rings. The maximum atomic E-state index is 10.9. The van der Waals surface area contributed by atoms with Crippen LogP contribution in [0.1, 0.15) is 20.9 Å². The number of rotatable bonds is 2. The van der Waals surface area contributed by atoms with Crippen LogP contribution in [0.4, 0.5) is 0 Å². The van der Waals surface area contributed by atoms with Gasteiger partial charge in [0.2, 0.25) is 0 Å². The van der Waals surface area contributed by atoms with Crippen LogP contribution in [0.25, 0.3) is 10.7 Å². The molecular weight excluding hydrogens is 224 g/mol. The molecule has 0 saturated carbocycles. The van der Waals surface area contributed by atoms with Crippen molar-refractivity contribution in [2.24, 2.45) is 0 Å². The number of pyridine rings is 1. The molecule has 0 unspecified atom stereocenters. The van der Waals surface area contributed by atoms with Crippen LogP contribution in [0.3, 0.4) is 0 Å². The van der Waals surface area contributed by atoms with E-state index in [4.69, 9.17) is 5.11 Å². The molecule has 0 aliphatic carbocycles. The molecule has 5 heteroatoms. The van der Waals surface area contributed by atoms with Crippen LogP contribution in [0.2, 0.25) is 0 Å². The first-order chi connectivity index (χ1) is 7.58. The highest BCUT2D eigenvalue weighted by Crippen LogP contribution is 2.26. The summed E-state index contributed by atoms with van der Waals surface area (Å²) >= 11 is 1.35. The monoisotopic (exact) mass is 234 g/mol. The van der Waals surface area contributed by atoms with Gasteiger partial charge in [-0.05, 0) is 31.5 Å². The lowest BCUT2D eigenvalue weighted by molar-refractivity contribution is 0.0690. The third kappa shape index (κ3) is 1.94. The van der Waals surface area contributed by atoms with Crippen LogP contribution in [-0.2, 0) is 0 Å². The summed E-state index contributed by atoms with van der Waals surface area (Å²) in [4.78, 5) is 19.8.